The Morgan fingerprint density at radius 1 is 1.38 bits per heavy atom. The van der Waals surface area contributed by atoms with Crippen LogP contribution in [0.15, 0.2) is 24.3 Å². The average Bonchev–Trinajstić information content (AvgIpc) is 2.81. The van der Waals surface area contributed by atoms with Crippen LogP contribution in [-0.4, -0.2) is 24.9 Å². The van der Waals surface area contributed by atoms with Crippen molar-refractivity contribution in [1.82, 2.24) is 5.32 Å². The molecule has 0 bridgehead atoms. The molecular formula is C16H21FN2O2. The number of hydrogen-bond acceptors (Lipinski definition) is 2. The van der Waals surface area contributed by atoms with Crippen LogP contribution in [0, 0.1) is 17.7 Å². The zero-order valence-corrected chi connectivity index (χ0v) is 12.4. The number of benzene rings is 1. The summed E-state index contributed by atoms with van der Waals surface area (Å²) in [6.45, 7) is 5.19. The standard InChI is InChI=1S/C16H21FN2O2/c1-11(2)7-8-18-16(21)12-9-15(20)19(10-12)14-5-3-13(17)4-6-14/h3-6,11-12H,7-10H2,1-2H3,(H,18,21)/t12-/m1/s1. The lowest BCUT2D eigenvalue weighted by molar-refractivity contribution is -0.126. The van der Waals surface area contributed by atoms with Crippen LogP contribution in [0.4, 0.5) is 10.1 Å². The van der Waals surface area contributed by atoms with Gasteiger partial charge in [0.2, 0.25) is 11.8 Å². The Bertz CT molecular complexity index is 514. The molecule has 4 nitrogen and oxygen atoms in total. The molecule has 1 aliphatic heterocycles. The molecule has 0 unspecified atom stereocenters. The first-order valence-electron chi connectivity index (χ1n) is 7.31. The Hall–Kier alpha value is -1.91. The van der Waals surface area contributed by atoms with E-state index >= 15 is 0 Å². The maximum absolute atomic E-state index is 12.9. The van der Waals surface area contributed by atoms with Crippen molar-refractivity contribution < 1.29 is 14.0 Å². The highest BCUT2D eigenvalue weighted by Gasteiger charge is 2.34. The summed E-state index contributed by atoms with van der Waals surface area (Å²) in [6, 6.07) is 5.76. The van der Waals surface area contributed by atoms with Gasteiger partial charge in [-0.3, -0.25) is 9.59 Å². The van der Waals surface area contributed by atoms with Crippen molar-refractivity contribution in [3.05, 3.63) is 30.1 Å². The van der Waals surface area contributed by atoms with Crippen molar-refractivity contribution in [1.29, 1.82) is 0 Å². The average molecular weight is 292 g/mol. The summed E-state index contributed by atoms with van der Waals surface area (Å²) >= 11 is 0. The van der Waals surface area contributed by atoms with Crippen LogP contribution in [0.3, 0.4) is 0 Å². The quantitative estimate of drug-likeness (QED) is 0.905. The third kappa shape index (κ3) is 4.03. The van der Waals surface area contributed by atoms with Crippen molar-refractivity contribution >= 4 is 17.5 Å². The minimum Gasteiger partial charge on any atom is -0.356 e. The van der Waals surface area contributed by atoms with Crippen molar-refractivity contribution in [3.8, 4) is 0 Å². The highest BCUT2D eigenvalue weighted by molar-refractivity contribution is 6.00. The lowest BCUT2D eigenvalue weighted by Gasteiger charge is -2.16. The second-order valence-electron chi connectivity index (χ2n) is 5.86. The molecule has 0 aromatic heterocycles. The van der Waals surface area contributed by atoms with Gasteiger partial charge in [0.05, 0.1) is 5.92 Å². The minimum absolute atomic E-state index is 0.0754. The number of rotatable bonds is 5. The third-order valence-corrected chi connectivity index (χ3v) is 3.66. The highest BCUT2D eigenvalue weighted by atomic mass is 19.1. The fourth-order valence-electron chi connectivity index (χ4n) is 2.38. The van der Waals surface area contributed by atoms with E-state index in [1.807, 2.05) is 0 Å². The van der Waals surface area contributed by atoms with Gasteiger partial charge in [0, 0.05) is 25.2 Å². The van der Waals surface area contributed by atoms with E-state index in [1.54, 1.807) is 17.0 Å². The molecule has 114 valence electrons. The summed E-state index contributed by atoms with van der Waals surface area (Å²) in [5.74, 6) is -0.298. The van der Waals surface area contributed by atoms with E-state index in [-0.39, 0.29) is 30.0 Å². The number of amides is 2. The fourth-order valence-corrected chi connectivity index (χ4v) is 2.38. The molecule has 2 amide bonds. The Kier molecular flexibility index (Phi) is 4.94. The van der Waals surface area contributed by atoms with Gasteiger partial charge in [0.15, 0.2) is 0 Å². The van der Waals surface area contributed by atoms with Crippen LogP contribution < -0.4 is 10.2 Å². The monoisotopic (exact) mass is 292 g/mol. The van der Waals surface area contributed by atoms with Gasteiger partial charge < -0.3 is 10.2 Å². The van der Waals surface area contributed by atoms with Gasteiger partial charge in [-0.2, -0.15) is 0 Å². The molecule has 1 aromatic carbocycles. The maximum Gasteiger partial charge on any atom is 0.227 e. The normalized spacial score (nSPS) is 18.4. The number of hydrogen-bond donors (Lipinski definition) is 1. The summed E-state index contributed by atoms with van der Waals surface area (Å²) in [5.41, 5.74) is 0.638. The molecule has 1 heterocycles. The van der Waals surface area contributed by atoms with Crippen LogP contribution in [0.1, 0.15) is 26.7 Å². The molecule has 0 aliphatic carbocycles. The fraction of sp³-hybridized carbons (Fsp3) is 0.500. The van der Waals surface area contributed by atoms with Gasteiger partial charge in [-0.05, 0) is 36.6 Å². The summed E-state index contributed by atoms with van der Waals surface area (Å²) in [5, 5.41) is 2.88. The van der Waals surface area contributed by atoms with Crippen LogP contribution >= 0.6 is 0 Å². The van der Waals surface area contributed by atoms with Crippen molar-refractivity contribution in [2.75, 3.05) is 18.0 Å². The molecule has 0 radical (unpaired) electrons. The van der Waals surface area contributed by atoms with Crippen molar-refractivity contribution in [3.63, 3.8) is 0 Å². The SMILES string of the molecule is CC(C)CCNC(=O)[C@@H]1CC(=O)N(c2ccc(F)cc2)C1. The number of nitrogens with one attached hydrogen (secondary N) is 1. The third-order valence-electron chi connectivity index (χ3n) is 3.66. The number of halogens is 1. The van der Waals surface area contributed by atoms with E-state index in [2.05, 4.69) is 19.2 Å². The number of nitrogens with zero attached hydrogens (tertiary/aromatic N) is 1. The van der Waals surface area contributed by atoms with E-state index in [0.717, 1.165) is 6.42 Å². The van der Waals surface area contributed by atoms with Crippen molar-refractivity contribution in [2.24, 2.45) is 11.8 Å². The van der Waals surface area contributed by atoms with E-state index in [1.165, 1.54) is 12.1 Å². The van der Waals surface area contributed by atoms with Gasteiger partial charge in [-0.1, -0.05) is 13.8 Å². The largest absolute Gasteiger partial charge is 0.356 e. The minimum atomic E-state index is -0.339. The van der Waals surface area contributed by atoms with Crippen LogP contribution in [0.25, 0.3) is 0 Å². The molecule has 1 fully saturated rings. The zero-order chi connectivity index (χ0) is 15.4. The topological polar surface area (TPSA) is 49.4 Å². The highest BCUT2D eigenvalue weighted by Crippen LogP contribution is 2.25. The van der Waals surface area contributed by atoms with Crippen LogP contribution in [-0.2, 0) is 9.59 Å². The molecule has 0 saturated carbocycles. The van der Waals surface area contributed by atoms with E-state index in [0.29, 0.717) is 24.7 Å². The number of anilines is 1. The predicted molar refractivity (Wildman–Crippen MR) is 79.3 cm³/mol. The molecule has 1 atom stereocenters. The number of carbonyl (C=O) groups excluding carboxylic acids is 2. The molecule has 1 N–H and O–H groups in total. The summed E-state index contributed by atoms with van der Waals surface area (Å²) in [6.07, 6.45) is 1.14. The molecule has 2 rings (SSSR count). The Labute approximate surface area is 124 Å². The molecule has 21 heavy (non-hydrogen) atoms. The molecule has 5 heteroatoms. The summed E-state index contributed by atoms with van der Waals surface area (Å²) < 4.78 is 12.9. The second-order valence-corrected chi connectivity index (χ2v) is 5.86. The zero-order valence-electron chi connectivity index (χ0n) is 12.4. The Morgan fingerprint density at radius 3 is 2.67 bits per heavy atom. The maximum atomic E-state index is 12.9. The second kappa shape index (κ2) is 6.70. The lowest BCUT2D eigenvalue weighted by atomic mass is 10.1. The van der Waals surface area contributed by atoms with Gasteiger partial charge in [0.25, 0.3) is 0 Å². The lowest BCUT2D eigenvalue weighted by Crippen LogP contribution is -2.33. The van der Waals surface area contributed by atoms with Gasteiger partial charge in [-0.15, -0.1) is 0 Å². The van der Waals surface area contributed by atoms with E-state index in [9.17, 15) is 14.0 Å². The first kappa shape index (κ1) is 15.5. The van der Waals surface area contributed by atoms with Gasteiger partial charge in [0.1, 0.15) is 5.82 Å². The molecule has 1 aromatic rings. The van der Waals surface area contributed by atoms with E-state index < -0.39 is 0 Å². The van der Waals surface area contributed by atoms with Crippen molar-refractivity contribution in [2.45, 2.75) is 26.7 Å². The first-order valence-corrected chi connectivity index (χ1v) is 7.31. The van der Waals surface area contributed by atoms with E-state index in [4.69, 9.17) is 0 Å². The molecular weight excluding hydrogens is 271 g/mol. The smallest absolute Gasteiger partial charge is 0.227 e. The number of carbonyl (C=O) groups is 2. The molecule has 0 spiro atoms. The Morgan fingerprint density at radius 2 is 2.05 bits per heavy atom. The summed E-state index contributed by atoms with van der Waals surface area (Å²) in [4.78, 5) is 25.6. The van der Waals surface area contributed by atoms with Crippen LogP contribution in [0.5, 0.6) is 0 Å². The first-order chi connectivity index (χ1) is 9.97. The molecule has 1 saturated heterocycles. The van der Waals surface area contributed by atoms with Gasteiger partial charge in [-0.25, -0.2) is 4.39 Å². The molecule has 1 aliphatic rings. The summed E-state index contributed by atoms with van der Waals surface area (Å²) in [7, 11) is 0. The van der Waals surface area contributed by atoms with Gasteiger partial charge >= 0.3 is 0 Å². The predicted octanol–water partition coefficient (Wildman–Crippen LogP) is 2.34. The Balaban J connectivity index is 1.93. The van der Waals surface area contributed by atoms with Crippen LogP contribution in [0.2, 0.25) is 0 Å².